The van der Waals surface area contributed by atoms with Crippen molar-refractivity contribution in [2.24, 2.45) is 0 Å². The Kier molecular flexibility index (Phi) is 2.42. The minimum absolute atomic E-state index is 0.701. The first-order valence-electron chi connectivity index (χ1n) is 3.56. The lowest BCUT2D eigenvalue weighted by molar-refractivity contribution is -0.739. The highest BCUT2D eigenvalue weighted by atomic mass is 32.2. The molecule has 0 spiro atoms. The number of rotatable bonds is 2. The van der Waals surface area contributed by atoms with Crippen LogP contribution in [-0.2, 0) is 0 Å². The van der Waals surface area contributed by atoms with E-state index in [0.29, 0.717) is 3.89 Å². The van der Waals surface area contributed by atoms with Crippen molar-refractivity contribution in [3.63, 3.8) is 0 Å². The molecule has 0 bridgehead atoms. The summed E-state index contributed by atoms with van der Waals surface area (Å²) in [5, 5.41) is 10.7. The number of hydrogen-bond acceptors (Lipinski definition) is 3. The van der Waals surface area contributed by atoms with Crippen molar-refractivity contribution in [3.8, 4) is 5.40 Å². The van der Waals surface area contributed by atoms with E-state index in [1.807, 2.05) is 13.2 Å². The van der Waals surface area contributed by atoms with Gasteiger partial charge in [0.1, 0.15) is 6.20 Å². The van der Waals surface area contributed by atoms with Crippen LogP contribution in [-0.4, -0.2) is 29.0 Å². The average Bonchev–Trinajstić information content (AvgIpc) is 2.34. The predicted molar refractivity (Wildman–Crippen MR) is 45.8 cm³/mol. The van der Waals surface area contributed by atoms with Gasteiger partial charge in [-0.05, 0) is 6.92 Å². The van der Waals surface area contributed by atoms with Crippen molar-refractivity contribution in [3.05, 3.63) is 12.4 Å². The van der Waals surface area contributed by atoms with Crippen molar-refractivity contribution >= 4 is 11.9 Å². The van der Waals surface area contributed by atoms with Gasteiger partial charge in [-0.2, -0.15) is 5.26 Å². The van der Waals surface area contributed by atoms with Gasteiger partial charge in [-0.15, -0.1) is 0 Å². The van der Waals surface area contributed by atoms with Gasteiger partial charge in [0, 0.05) is 7.05 Å². The Morgan fingerprint density at radius 2 is 2.55 bits per heavy atom. The molecule has 1 aliphatic rings. The molecule has 0 radical (unpaired) electrons. The van der Waals surface area contributed by atoms with Crippen molar-refractivity contribution in [1.29, 1.82) is 5.26 Å². The quantitative estimate of drug-likeness (QED) is 0.355. The van der Waals surface area contributed by atoms with Crippen LogP contribution in [0.25, 0.3) is 0 Å². The topological polar surface area (TPSA) is 27.0 Å². The minimum atomic E-state index is 0.701. The average molecular weight is 170 g/mol. The maximum atomic E-state index is 8.55. The molecule has 1 aliphatic heterocycles. The molecule has 1 heterocycles. The highest BCUT2D eigenvalue weighted by Gasteiger charge is 2.30. The van der Waals surface area contributed by atoms with Gasteiger partial charge in [0.25, 0.3) is 0 Å². The van der Waals surface area contributed by atoms with Crippen LogP contribution in [0, 0.1) is 10.7 Å². The van der Waals surface area contributed by atoms with Gasteiger partial charge in [0.2, 0.25) is 11.9 Å². The lowest BCUT2D eigenvalue weighted by atomic mass is 10.6. The molecule has 0 aromatic heterocycles. The number of quaternary nitrogens is 1. The van der Waals surface area contributed by atoms with Crippen LogP contribution >= 0.6 is 11.9 Å². The van der Waals surface area contributed by atoms with E-state index in [-0.39, 0.29) is 0 Å². The van der Waals surface area contributed by atoms with Gasteiger partial charge < -0.3 is 4.90 Å². The van der Waals surface area contributed by atoms with Crippen LogP contribution in [0.1, 0.15) is 6.92 Å². The molecule has 0 amide bonds. The highest BCUT2D eigenvalue weighted by molar-refractivity contribution is 7.98. The van der Waals surface area contributed by atoms with E-state index in [1.54, 1.807) is 0 Å². The maximum absolute atomic E-state index is 8.55. The van der Waals surface area contributed by atoms with Crippen LogP contribution in [0.2, 0.25) is 0 Å². The Morgan fingerprint density at radius 3 is 2.91 bits per heavy atom. The lowest BCUT2D eigenvalue weighted by Crippen LogP contribution is -2.36. The first-order valence-corrected chi connectivity index (χ1v) is 4.34. The third kappa shape index (κ3) is 1.67. The molecule has 0 N–H and O–H groups in total. The molecule has 0 fully saturated rings. The Labute approximate surface area is 71.6 Å². The molecule has 0 aromatic carbocycles. The molecule has 4 heteroatoms. The third-order valence-corrected chi connectivity index (χ3v) is 2.75. The zero-order valence-electron chi connectivity index (χ0n) is 6.82. The molecule has 3 nitrogen and oxygen atoms in total. The fraction of sp³-hybridized carbons (Fsp3) is 0.571. The Morgan fingerprint density at radius 1 is 1.82 bits per heavy atom. The molecule has 1 unspecified atom stereocenters. The normalized spacial score (nSPS) is 29.0. The molecular formula is C7H12N3S+. The van der Waals surface area contributed by atoms with E-state index in [1.165, 1.54) is 11.9 Å². The van der Waals surface area contributed by atoms with Gasteiger partial charge >= 0.3 is 0 Å². The monoisotopic (exact) mass is 170 g/mol. The summed E-state index contributed by atoms with van der Waals surface area (Å²) in [6, 6.07) is 0. The van der Waals surface area contributed by atoms with E-state index in [4.69, 9.17) is 5.26 Å². The van der Waals surface area contributed by atoms with Crippen molar-refractivity contribution in [1.82, 2.24) is 4.90 Å². The second-order valence-corrected chi connectivity index (χ2v) is 3.74. The predicted octanol–water partition coefficient (Wildman–Crippen LogP) is 1.33. The zero-order valence-corrected chi connectivity index (χ0v) is 7.64. The van der Waals surface area contributed by atoms with Gasteiger partial charge in [-0.1, -0.05) is 0 Å². The molecule has 0 saturated carbocycles. The second-order valence-electron chi connectivity index (χ2n) is 2.65. The summed E-state index contributed by atoms with van der Waals surface area (Å²) in [6.45, 7) is 3.95. The van der Waals surface area contributed by atoms with E-state index < -0.39 is 0 Å². The molecule has 0 aliphatic carbocycles. The summed E-state index contributed by atoms with van der Waals surface area (Å²) in [6.07, 6.45) is 4.09. The molecule has 0 saturated heterocycles. The van der Waals surface area contributed by atoms with Crippen molar-refractivity contribution in [2.75, 3.05) is 20.3 Å². The van der Waals surface area contributed by atoms with E-state index in [0.717, 1.165) is 13.2 Å². The summed E-state index contributed by atoms with van der Waals surface area (Å²) >= 11 is 1.30. The summed E-state index contributed by atoms with van der Waals surface area (Å²) in [5.41, 5.74) is 0. The standard InChI is InChI=1S/C7H12N3S/c1-3-10(11-6-8)5-4-9(2)7-10/h4-5H,3,7H2,1-2H3/q+1. The Hall–Kier alpha value is -0.660. The van der Waals surface area contributed by atoms with Gasteiger partial charge in [-0.3, -0.25) is 0 Å². The van der Waals surface area contributed by atoms with E-state index in [2.05, 4.69) is 23.4 Å². The van der Waals surface area contributed by atoms with Crippen LogP contribution < -0.4 is 0 Å². The minimum Gasteiger partial charge on any atom is -0.328 e. The van der Waals surface area contributed by atoms with Gasteiger partial charge in [0.15, 0.2) is 12.1 Å². The molecule has 0 aromatic rings. The smallest absolute Gasteiger partial charge is 0.201 e. The third-order valence-electron chi connectivity index (χ3n) is 1.81. The Balaban J connectivity index is 2.65. The van der Waals surface area contributed by atoms with Gasteiger partial charge in [-0.25, -0.2) is 3.89 Å². The first-order chi connectivity index (χ1) is 5.22. The Bertz CT molecular complexity index is 208. The van der Waals surface area contributed by atoms with E-state index >= 15 is 0 Å². The summed E-state index contributed by atoms with van der Waals surface area (Å²) in [5.74, 6) is 0. The van der Waals surface area contributed by atoms with Crippen LogP contribution in [0.5, 0.6) is 0 Å². The number of nitriles is 1. The molecule has 11 heavy (non-hydrogen) atoms. The molecule has 1 atom stereocenters. The molecule has 60 valence electrons. The first kappa shape index (κ1) is 8.44. The number of nitrogens with zero attached hydrogens (tertiary/aromatic N) is 3. The van der Waals surface area contributed by atoms with E-state index in [9.17, 15) is 0 Å². The fourth-order valence-electron chi connectivity index (χ4n) is 1.12. The van der Waals surface area contributed by atoms with Crippen LogP contribution in [0.3, 0.4) is 0 Å². The van der Waals surface area contributed by atoms with Crippen LogP contribution in [0.15, 0.2) is 12.4 Å². The SMILES string of the molecule is CC[N+]1(SC#N)C=CN(C)C1. The largest absolute Gasteiger partial charge is 0.328 e. The summed E-state index contributed by atoms with van der Waals surface area (Å²) in [7, 11) is 2.02. The maximum Gasteiger partial charge on any atom is 0.201 e. The summed E-state index contributed by atoms with van der Waals surface area (Å²) in [4.78, 5) is 2.09. The lowest BCUT2D eigenvalue weighted by Gasteiger charge is -2.24. The number of hydrogen-bond donors (Lipinski definition) is 0. The zero-order chi connectivity index (χ0) is 8.32. The highest BCUT2D eigenvalue weighted by Crippen LogP contribution is 2.27. The van der Waals surface area contributed by atoms with Crippen LogP contribution in [0.4, 0.5) is 0 Å². The molecule has 1 rings (SSSR count). The number of thiocyanates is 1. The van der Waals surface area contributed by atoms with Crippen molar-refractivity contribution < 1.29 is 3.89 Å². The fourth-order valence-corrected chi connectivity index (χ4v) is 1.76. The summed E-state index contributed by atoms with van der Waals surface area (Å²) < 4.78 is 0.701. The van der Waals surface area contributed by atoms with Crippen molar-refractivity contribution in [2.45, 2.75) is 6.92 Å². The second kappa shape index (κ2) is 3.16. The van der Waals surface area contributed by atoms with Gasteiger partial charge in [0.05, 0.1) is 12.7 Å². The molecular weight excluding hydrogens is 158 g/mol.